The number of carbonyl (C=O) groups excluding carboxylic acids is 3. The van der Waals surface area contributed by atoms with Crippen LogP contribution >= 0.6 is 11.3 Å². The molecule has 0 saturated carbocycles. The molecule has 3 rings (SSSR count). The van der Waals surface area contributed by atoms with Crippen molar-refractivity contribution in [2.75, 3.05) is 17.2 Å². The third kappa shape index (κ3) is 6.47. The number of nitrogens with one attached hydrogen (secondary N) is 2. The number of para-hydroxylation sites is 1. The number of halogens is 6. The monoisotopic (exact) mass is 544 g/mol. The van der Waals surface area contributed by atoms with Gasteiger partial charge in [0.15, 0.2) is 0 Å². The summed E-state index contributed by atoms with van der Waals surface area (Å²) in [6.07, 6.45) is -10.3. The van der Waals surface area contributed by atoms with Gasteiger partial charge >= 0.3 is 18.3 Å². The lowest BCUT2D eigenvalue weighted by atomic mass is 10.0. The fourth-order valence-electron chi connectivity index (χ4n) is 3.24. The van der Waals surface area contributed by atoms with Gasteiger partial charge in [-0.1, -0.05) is 18.2 Å². The minimum atomic E-state index is -5.16. The normalized spacial score (nSPS) is 11.7. The molecule has 0 saturated heterocycles. The highest BCUT2D eigenvalue weighted by atomic mass is 32.1. The second-order valence-corrected chi connectivity index (χ2v) is 8.57. The van der Waals surface area contributed by atoms with Crippen molar-refractivity contribution in [3.8, 4) is 0 Å². The smallest absolute Gasteiger partial charge is 0.416 e. The summed E-state index contributed by atoms with van der Waals surface area (Å²) in [5, 5.41) is 4.49. The third-order valence-corrected chi connectivity index (χ3v) is 6.15. The molecule has 0 spiro atoms. The van der Waals surface area contributed by atoms with E-state index in [0.29, 0.717) is 17.0 Å². The molecular formula is C24H18F6N2O4S. The van der Waals surface area contributed by atoms with Crippen molar-refractivity contribution in [2.45, 2.75) is 26.2 Å². The number of amides is 2. The Balaban J connectivity index is 2.03. The number of esters is 1. The topological polar surface area (TPSA) is 84.5 Å². The average molecular weight is 544 g/mol. The summed E-state index contributed by atoms with van der Waals surface area (Å²) < 4.78 is 84.2. The number of carbonyl (C=O) groups is 3. The average Bonchev–Trinajstić information content (AvgIpc) is 3.14. The molecule has 13 heteroatoms. The molecule has 0 bridgehead atoms. The molecule has 2 aromatic carbocycles. The molecule has 2 amide bonds. The van der Waals surface area contributed by atoms with Gasteiger partial charge in [0.05, 0.1) is 28.2 Å². The lowest BCUT2D eigenvalue weighted by Gasteiger charge is -2.14. The van der Waals surface area contributed by atoms with Gasteiger partial charge in [0.25, 0.3) is 11.8 Å². The van der Waals surface area contributed by atoms with Crippen molar-refractivity contribution in [1.82, 2.24) is 0 Å². The molecule has 0 aliphatic heterocycles. The largest absolute Gasteiger partial charge is 0.462 e. The van der Waals surface area contributed by atoms with Crippen molar-refractivity contribution in [3.63, 3.8) is 0 Å². The van der Waals surface area contributed by atoms with Gasteiger partial charge < -0.3 is 15.4 Å². The number of alkyl halides is 6. The third-order valence-electron chi connectivity index (χ3n) is 4.94. The first kappa shape index (κ1) is 27.7. The number of anilines is 2. The summed E-state index contributed by atoms with van der Waals surface area (Å²) in [4.78, 5) is 38.2. The molecule has 0 aliphatic rings. The van der Waals surface area contributed by atoms with E-state index in [1.54, 1.807) is 30.3 Å². The molecule has 0 atom stereocenters. The molecule has 37 heavy (non-hydrogen) atoms. The Hall–Kier alpha value is -3.87. The van der Waals surface area contributed by atoms with Gasteiger partial charge in [-0.15, -0.1) is 11.3 Å². The molecule has 196 valence electrons. The van der Waals surface area contributed by atoms with Gasteiger partial charge in [0.2, 0.25) is 0 Å². The van der Waals surface area contributed by atoms with Crippen molar-refractivity contribution < 1.29 is 45.5 Å². The summed E-state index contributed by atoms with van der Waals surface area (Å²) in [5.41, 5.74) is -4.02. The molecule has 0 fully saturated rings. The fraction of sp³-hybridized carbons (Fsp3) is 0.208. The first-order chi connectivity index (χ1) is 17.2. The predicted octanol–water partition coefficient (Wildman–Crippen LogP) is 6.78. The Labute approximate surface area is 210 Å². The lowest BCUT2D eigenvalue weighted by Crippen LogP contribution is -2.18. The number of benzene rings is 2. The van der Waals surface area contributed by atoms with Crippen LogP contribution in [0, 0.1) is 6.92 Å². The highest BCUT2D eigenvalue weighted by Gasteiger charge is 2.38. The Kier molecular flexibility index (Phi) is 7.96. The van der Waals surface area contributed by atoms with Crippen LogP contribution in [0.15, 0.2) is 48.5 Å². The van der Waals surface area contributed by atoms with Gasteiger partial charge in [-0.2, -0.15) is 26.3 Å². The van der Waals surface area contributed by atoms with E-state index in [1.165, 1.54) is 13.8 Å². The Morgan fingerprint density at radius 2 is 1.43 bits per heavy atom. The molecule has 1 heterocycles. The number of thiophene rings is 1. The van der Waals surface area contributed by atoms with Crippen LogP contribution in [0.3, 0.4) is 0 Å². The summed E-state index contributed by atoms with van der Waals surface area (Å²) in [6.45, 7) is 2.82. The molecule has 0 radical (unpaired) electrons. The van der Waals surface area contributed by atoms with Crippen LogP contribution in [0.4, 0.5) is 37.0 Å². The highest BCUT2D eigenvalue weighted by Crippen LogP contribution is 2.38. The second kappa shape index (κ2) is 10.6. The van der Waals surface area contributed by atoms with Crippen LogP contribution in [0.2, 0.25) is 0 Å². The fourth-order valence-corrected chi connectivity index (χ4v) is 4.32. The minimum absolute atomic E-state index is 0.0257. The first-order valence-corrected chi connectivity index (χ1v) is 11.3. The Bertz CT molecular complexity index is 1300. The van der Waals surface area contributed by atoms with Crippen molar-refractivity contribution in [2.24, 2.45) is 0 Å². The first-order valence-electron chi connectivity index (χ1n) is 10.5. The van der Waals surface area contributed by atoms with Crippen LogP contribution < -0.4 is 10.6 Å². The summed E-state index contributed by atoms with van der Waals surface area (Å²) in [5.74, 6) is -2.94. The molecule has 0 unspecified atom stereocenters. The minimum Gasteiger partial charge on any atom is -0.462 e. The van der Waals surface area contributed by atoms with Crippen molar-refractivity contribution in [3.05, 3.63) is 81.2 Å². The maximum atomic E-state index is 13.2. The maximum Gasteiger partial charge on any atom is 0.416 e. The number of ether oxygens (including phenoxy) is 1. The Morgan fingerprint density at radius 3 is 1.95 bits per heavy atom. The van der Waals surface area contributed by atoms with Gasteiger partial charge in [-0.3, -0.25) is 9.59 Å². The lowest BCUT2D eigenvalue weighted by molar-refractivity contribution is -0.143. The van der Waals surface area contributed by atoms with Crippen LogP contribution in [-0.4, -0.2) is 24.4 Å². The number of hydrogen-bond acceptors (Lipinski definition) is 5. The predicted molar refractivity (Wildman–Crippen MR) is 124 cm³/mol. The van der Waals surface area contributed by atoms with E-state index < -0.39 is 46.8 Å². The van der Waals surface area contributed by atoms with Gasteiger partial charge in [0.1, 0.15) is 5.00 Å². The summed E-state index contributed by atoms with van der Waals surface area (Å²) in [7, 11) is 0. The molecular weight excluding hydrogens is 526 g/mol. The SMILES string of the molecule is CCOC(=O)c1c(NC(=O)c2cc(C(F)(F)F)cc(C(F)(F)F)c2)sc(C(=O)Nc2ccccc2)c1C. The van der Waals surface area contributed by atoms with Crippen LogP contribution in [-0.2, 0) is 17.1 Å². The molecule has 0 aliphatic carbocycles. The summed E-state index contributed by atoms with van der Waals surface area (Å²) >= 11 is 0.621. The van der Waals surface area contributed by atoms with Crippen molar-refractivity contribution >= 4 is 39.8 Å². The van der Waals surface area contributed by atoms with E-state index in [4.69, 9.17) is 4.74 Å². The van der Waals surface area contributed by atoms with Gasteiger partial charge in [0, 0.05) is 11.3 Å². The van der Waals surface area contributed by atoms with Gasteiger partial charge in [-0.05, 0) is 49.7 Å². The highest BCUT2D eigenvalue weighted by molar-refractivity contribution is 7.19. The van der Waals surface area contributed by atoms with E-state index in [1.807, 2.05) is 0 Å². The van der Waals surface area contributed by atoms with Crippen LogP contribution in [0.25, 0.3) is 0 Å². The van der Waals surface area contributed by atoms with E-state index in [-0.39, 0.29) is 45.8 Å². The molecule has 6 nitrogen and oxygen atoms in total. The van der Waals surface area contributed by atoms with E-state index in [9.17, 15) is 40.7 Å². The zero-order valence-corrected chi connectivity index (χ0v) is 20.0. The van der Waals surface area contributed by atoms with E-state index >= 15 is 0 Å². The van der Waals surface area contributed by atoms with E-state index in [2.05, 4.69) is 10.6 Å². The van der Waals surface area contributed by atoms with E-state index in [0.717, 1.165) is 0 Å². The quantitative estimate of drug-likeness (QED) is 0.265. The Morgan fingerprint density at radius 1 is 0.865 bits per heavy atom. The maximum absolute atomic E-state index is 13.2. The van der Waals surface area contributed by atoms with Crippen LogP contribution in [0.1, 0.15) is 54.0 Å². The molecule has 2 N–H and O–H groups in total. The molecule has 3 aromatic rings. The standard InChI is InChI=1S/C24H18F6N2O4S/c1-3-36-22(35)17-12(2)18(20(34)31-16-7-5-4-6-8-16)37-21(17)32-19(33)13-9-14(23(25,26)27)11-15(10-13)24(28,29)30/h4-11H,3H2,1-2H3,(H,31,34)(H,32,33). The summed E-state index contributed by atoms with van der Waals surface area (Å²) in [6, 6.07) is 8.66. The van der Waals surface area contributed by atoms with Gasteiger partial charge in [-0.25, -0.2) is 4.79 Å². The second-order valence-electron chi connectivity index (χ2n) is 7.55. The molecule has 1 aromatic heterocycles. The van der Waals surface area contributed by atoms with Crippen molar-refractivity contribution in [1.29, 1.82) is 0 Å². The zero-order valence-electron chi connectivity index (χ0n) is 19.1. The number of hydrogen-bond donors (Lipinski definition) is 2. The number of rotatable bonds is 6. The van der Waals surface area contributed by atoms with Crippen LogP contribution in [0.5, 0.6) is 0 Å². The zero-order chi connectivity index (χ0) is 27.5.